The first kappa shape index (κ1) is 13.8. The Morgan fingerprint density at radius 2 is 2.15 bits per heavy atom. The van der Waals surface area contributed by atoms with Gasteiger partial charge in [0.15, 0.2) is 0 Å². The van der Waals surface area contributed by atoms with E-state index in [-0.39, 0.29) is 5.56 Å². The Hall–Kier alpha value is -1.13. The van der Waals surface area contributed by atoms with E-state index in [0.29, 0.717) is 12.1 Å². The molecule has 1 aromatic heterocycles. The van der Waals surface area contributed by atoms with Crippen LogP contribution in [-0.4, -0.2) is 41.2 Å². The van der Waals surface area contributed by atoms with Crippen molar-refractivity contribution in [3.63, 3.8) is 0 Å². The lowest BCUT2D eigenvalue weighted by Crippen LogP contribution is -2.57. The standard InChI is InChI=1S/C16H25N3O/c1-2-14-11-17-15(13-6-7-13)12-19(14)10-9-18-8-4-3-5-16(18)20/h3-5,8,13-15,17H,2,6-7,9-12H2,1H3. The fourth-order valence-corrected chi connectivity index (χ4v) is 3.26. The second-order valence-corrected chi connectivity index (χ2v) is 6.14. The van der Waals surface area contributed by atoms with Gasteiger partial charge in [0, 0.05) is 50.5 Å². The molecule has 2 heterocycles. The molecule has 1 aliphatic carbocycles. The molecule has 0 spiro atoms. The van der Waals surface area contributed by atoms with Crippen molar-refractivity contribution < 1.29 is 0 Å². The average molecular weight is 275 g/mol. The molecule has 0 radical (unpaired) electrons. The molecule has 0 bridgehead atoms. The minimum absolute atomic E-state index is 0.106. The molecule has 3 rings (SSSR count). The van der Waals surface area contributed by atoms with Gasteiger partial charge in [-0.3, -0.25) is 9.69 Å². The maximum atomic E-state index is 11.8. The molecular formula is C16H25N3O. The summed E-state index contributed by atoms with van der Waals surface area (Å²) in [6.45, 7) is 6.28. The Morgan fingerprint density at radius 3 is 2.85 bits per heavy atom. The summed E-state index contributed by atoms with van der Waals surface area (Å²) in [6.07, 6.45) is 5.85. The smallest absolute Gasteiger partial charge is 0.250 e. The molecule has 1 N–H and O–H groups in total. The second-order valence-electron chi connectivity index (χ2n) is 6.14. The molecular weight excluding hydrogens is 250 g/mol. The first-order valence-corrected chi connectivity index (χ1v) is 7.91. The molecule has 0 aromatic carbocycles. The summed E-state index contributed by atoms with van der Waals surface area (Å²) < 4.78 is 1.82. The monoisotopic (exact) mass is 275 g/mol. The predicted octanol–water partition coefficient (Wildman–Crippen LogP) is 1.31. The highest BCUT2D eigenvalue weighted by molar-refractivity contribution is 4.95. The minimum atomic E-state index is 0.106. The van der Waals surface area contributed by atoms with Gasteiger partial charge in [0.2, 0.25) is 0 Å². The van der Waals surface area contributed by atoms with Gasteiger partial charge in [0.05, 0.1) is 0 Å². The maximum Gasteiger partial charge on any atom is 0.250 e. The quantitative estimate of drug-likeness (QED) is 0.880. The number of hydrogen-bond acceptors (Lipinski definition) is 3. The largest absolute Gasteiger partial charge is 0.314 e. The van der Waals surface area contributed by atoms with Crippen LogP contribution >= 0.6 is 0 Å². The number of nitrogens with zero attached hydrogens (tertiary/aromatic N) is 2. The van der Waals surface area contributed by atoms with E-state index in [9.17, 15) is 4.79 Å². The Labute approximate surface area is 120 Å². The van der Waals surface area contributed by atoms with E-state index in [4.69, 9.17) is 0 Å². The predicted molar refractivity (Wildman–Crippen MR) is 80.9 cm³/mol. The molecule has 2 unspecified atom stereocenters. The van der Waals surface area contributed by atoms with Gasteiger partial charge in [-0.05, 0) is 31.2 Å². The summed E-state index contributed by atoms with van der Waals surface area (Å²) in [7, 11) is 0. The molecule has 1 saturated heterocycles. The Kier molecular flexibility index (Phi) is 4.22. The molecule has 2 fully saturated rings. The van der Waals surface area contributed by atoms with Crippen LogP contribution in [0.3, 0.4) is 0 Å². The van der Waals surface area contributed by atoms with Crippen molar-refractivity contribution in [3.8, 4) is 0 Å². The lowest BCUT2D eigenvalue weighted by molar-refractivity contribution is 0.114. The van der Waals surface area contributed by atoms with Crippen molar-refractivity contribution in [3.05, 3.63) is 34.7 Å². The molecule has 0 amide bonds. The highest BCUT2D eigenvalue weighted by atomic mass is 16.1. The SMILES string of the molecule is CCC1CNC(C2CC2)CN1CCn1ccccc1=O. The molecule has 4 heteroatoms. The van der Waals surface area contributed by atoms with Crippen LogP contribution in [-0.2, 0) is 6.54 Å². The lowest BCUT2D eigenvalue weighted by Gasteiger charge is -2.40. The fourth-order valence-electron chi connectivity index (χ4n) is 3.26. The Balaban J connectivity index is 1.61. The van der Waals surface area contributed by atoms with Crippen LogP contribution in [0.25, 0.3) is 0 Å². The topological polar surface area (TPSA) is 37.3 Å². The third-order valence-corrected chi connectivity index (χ3v) is 4.75. The van der Waals surface area contributed by atoms with Crippen LogP contribution in [0.2, 0.25) is 0 Å². The van der Waals surface area contributed by atoms with Crippen LogP contribution < -0.4 is 10.9 Å². The van der Waals surface area contributed by atoms with Gasteiger partial charge < -0.3 is 9.88 Å². The van der Waals surface area contributed by atoms with E-state index in [1.807, 2.05) is 22.9 Å². The summed E-state index contributed by atoms with van der Waals surface area (Å²) in [5.41, 5.74) is 0.106. The number of rotatable bonds is 5. The maximum absolute atomic E-state index is 11.8. The zero-order chi connectivity index (χ0) is 13.9. The van der Waals surface area contributed by atoms with Crippen molar-refractivity contribution in [2.45, 2.75) is 44.8 Å². The average Bonchev–Trinajstić information content (AvgIpc) is 3.31. The number of aromatic nitrogens is 1. The van der Waals surface area contributed by atoms with E-state index in [1.165, 1.54) is 19.3 Å². The van der Waals surface area contributed by atoms with Crippen LogP contribution in [0.1, 0.15) is 26.2 Å². The molecule has 1 aromatic rings. The van der Waals surface area contributed by atoms with Crippen molar-refractivity contribution in [1.82, 2.24) is 14.8 Å². The molecule has 2 atom stereocenters. The normalized spacial score (nSPS) is 27.6. The number of piperazine rings is 1. The van der Waals surface area contributed by atoms with Crippen LogP contribution in [0.5, 0.6) is 0 Å². The molecule has 1 saturated carbocycles. The summed E-state index contributed by atoms with van der Waals surface area (Å²) in [5, 5.41) is 3.71. The van der Waals surface area contributed by atoms with Gasteiger partial charge in [-0.25, -0.2) is 0 Å². The summed E-state index contributed by atoms with van der Waals surface area (Å²) in [6, 6.07) is 6.67. The first-order valence-electron chi connectivity index (χ1n) is 7.91. The molecule has 2 aliphatic rings. The first-order chi connectivity index (χ1) is 9.78. The zero-order valence-electron chi connectivity index (χ0n) is 12.3. The van der Waals surface area contributed by atoms with Crippen LogP contribution in [0, 0.1) is 5.92 Å². The summed E-state index contributed by atoms with van der Waals surface area (Å²) in [4.78, 5) is 14.3. The van der Waals surface area contributed by atoms with Gasteiger partial charge in [0.1, 0.15) is 0 Å². The Morgan fingerprint density at radius 1 is 1.30 bits per heavy atom. The van der Waals surface area contributed by atoms with Crippen molar-refractivity contribution >= 4 is 0 Å². The summed E-state index contributed by atoms with van der Waals surface area (Å²) in [5.74, 6) is 0.898. The van der Waals surface area contributed by atoms with Crippen LogP contribution in [0.15, 0.2) is 29.2 Å². The van der Waals surface area contributed by atoms with Gasteiger partial charge in [0.25, 0.3) is 5.56 Å². The molecule has 20 heavy (non-hydrogen) atoms. The number of pyridine rings is 1. The third kappa shape index (κ3) is 3.13. The lowest BCUT2D eigenvalue weighted by atomic mass is 10.0. The fraction of sp³-hybridized carbons (Fsp3) is 0.688. The molecule has 110 valence electrons. The highest BCUT2D eigenvalue weighted by Crippen LogP contribution is 2.34. The minimum Gasteiger partial charge on any atom is -0.314 e. The zero-order valence-corrected chi connectivity index (χ0v) is 12.3. The number of hydrogen-bond donors (Lipinski definition) is 1. The molecule has 4 nitrogen and oxygen atoms in total. The van der Waals surface area contributed by atoms with E-state index in [1.54, 1.807) is 6.07 Å². The van der Waals surface area contributed by atoms with Gasteiger partial charge >= 0.3 is 0 Å². The van der Waals surface area contributed by atoms with E-state index >= 15 is 0 Å². The molecule has 1 aliphatic heterocycles. The Bertz CT molecular complexity index is 494. The van der Waals surface area contributed by atoms with Gasteiger partial charge in [-0.15, -0.1) is 0 Å². The van der Waals surface area contributed by atoms with E-state index < -0.39 is 0 Å². The highest BCUT2D eigenvalue weighted by Gasteiger charge is 2.36. The van der Waals surface area contributed by atoms with Crippen molar-refractivity contribution in [2.24, 2.45) is 5.92 Å². The number of nitrogens with one attached hydrogen (secondary N) is 1. The van der Waals surface area contributed by atoms with Gasteiger partial charge in [-0.1, -0.05) is 13.0 Å². The van der Waals surface area contributed by atoms with Crippen LogP contribution in [0.4, 0.5) is 0 Å². The van der Waals surface area contributed by atoms with Gasteiger partial charge in [-0.2, -0.15) is 0 Å². The summed E-state index contributed by atoms with van der Waals surface area (Å²) >= 11 is 0. The van der Waals surface area contributed by atoms with E-state index in [2.05, 4.69) is 17.1 Å². The van der Waals surface area contributed by atoms with E-state index in [0.717, 1.165) is 32.1 Å². The van der Waals surface area contributed by atoms with Crippen molar-refractivity contribution in [1.29, 1.82) is 0 Å². The third-order valence-electron chi connectivity index (χ3n) is 4.75. The van der Waals surface area contributed by atoms with Crippen molar-refractivity contribution in [2.75, 3.05) is 19.6 Å². The second kappa shape index (κ2) is 6.10.